The van der Waals surface area contributed by atoms with Crippen molar-refractivity contribution in [1.29, 1.82) is 0 Å². The number of hydrogen-bond acceptors (Lipinski definition) is 3. The van der Waals surface area contributed by atoms with Gasteiger partial charge in [-0.15, -0.1) is 0 Å². The summed E-state index contributed by atoms with van der Waals surface area (Å²) in [5.41, 5.74) is 3.24. The van der Waals surface area contributed by atoms with Crippen LogP contribution in [0.3, 0.4) is 0 Å². The Bertz CT molecular complexity index is 809. The number of hydrogen-bond donors (Lipinski definition) is 1. The van der Waals surface area contributed by atoms with Crippen molar-refractivity contribution in [3.8, 4) is 0 Å². The maximum Gasteiger partial charge on any atom is 0.230 e. The Morgan fingerprint density at radius 3 is 2.37 bits per heavy atom. The molecule has 0 unspecified atom stereocenters. The van der Waals surface area contributed by atoms with E-state index < -0.39 is 0 Å². The highest BCUT2D eigenvalue weighted by atomic mass is 79.9. The van der Waals surface area contributed by atoms with Crippen molar-refractivity contribution >= 4 is 27.5 Å². The van der Waals surface area contributed by atoms with Gasteiger partial charge in [0.05, 0.1) is 5.41 Å². The second kappa shape index (κ2) is 7.64. The fraction of sp³-hybridized carbons (Fsp3) is 0.409. The quantitative estimate of drug-likeness (QED) is 0.792. The maximum atomic E-state index is 13.0. The second-order valence-corrected chi connectivity index (χ2v) is 8.61. The number of nitrogens with one attached hydrogen (secondary N) is 1. The minimum absolute atomic E-state index is 0.151. The molecule has 1 heterocycles. The Kier molecular flexibility index (Phi) is 5.24. The monoisotopic (exact) mass is 427 g/mol. The topological polar surface area (TPSA) is 35.6 Å². The van der Waals surface area contributed by atoms with E-state index >= 15 is 0 Å². The van der Waals surface area contributed by atoms with Gasteiger partial charge in [-0.05, 0) is 49.2 Å². The first kappa shape index (κ1) is 18.5. The smallest absolute Gasteiger partial charge is 0.230 e. The van der Waals surface area contributed by atoms with E-state index in [1.807, 2.05) is 12.1 Å². The molecule has 4 nitrogen and oxygen atoms in total. The van der Waals surface area contributed by atoms with Crippen LogP contribution in [0.1, 0.15) is 24.0 Å². The van der Waals surface area contributed by atoms with Crippen molar-refractivity contribution in [1.82, 2.24) is 10.2 Å². The number of nitrogens with zero attached hydrogens (tertiary/aromatic N) is 2. The summed E-state index contributed by atoms with van der Waals surface area (Å²) in [5.74, 6) is 0.151. The minimum Gasteiger partial charge on any atom is -0.369 e. The molecule has 1 saturated heterocycles. The lowest BCUT2D eigenvalue weighted by Crippen LogP contribution is -2.45. The van der Waals surface area contributed by atoms with Crippen LogP contribution < -0.4 is 10.2 Å². The molecule has 2 aromatic rings. The van der Waals surface area contributed by atoms with Gasteiger partial charge in [-0.3, -0.25) is 4.79 Å². The van der Waals surface area contributed by atoms with Crippen LogP contribution in [0.25, 0.3) is 0 Å². The lowest BCUT2D eigenvalue weighted by atomic mass is 9.95. The number of anilines is 1. The Morgan fingerprint density at radius 1 is 1.04 bits per heavy atom. The van der Waals surface area contributed by atoms with E-state index in [1.165, 1.54) is 11.3 Å². The predicted molar refractivity (Wildman–Crippen MR) is 113 cm³/mol. The molecule has 27 heavy (non-hydrogen) atoms. The van der Waals surface area contributed by atoms with Crippen LogP contribution >= 0.6 is 15.9 Å². The fourth-order valence-corrected chi connectivity index (χ4v) is 4.17. The van der Waals surface area contributed by atoms with Gasteiger partial charge in [-0.2, -0.15) is 0 Å². The van der Waals surface area contributed by atoms with Gasteiger partial charge in [0.1, 0.15) is 0 Å². The SMILES string of the molecule is CN1CCN(c2ccccc2CNC(=O)C2(c3ccc(Br)cc3)CC2)CC1. The Hall–Kier alpha value is -1.85. The number of likely N-dealkylation sites (N-methyl/N-ethyl adjacent to an activating group) is 1. The van der Waals surface area contributed by atoms with Gasteiger partial charge in [-0.1, -0.05) is 46.3 Å². The first-order valence-corrected chi connectivity index (χ1v) is 10.4. The molecule has 0 bridgehead atoms. The zero-order valence-corrected chi connectivity index (χ0v) is 17.3. The number of amides is 1. The largest absolute Gasteiger partial charge is 0.369 e. The summed E-state index contributed by atoms with van der Waals surface area (Å²) in [6, 6.07) is 16.6. The van der Waals surface area contributed by atoms with Crippen LogP contribution in [0.5, 0.6) is 0 Å². The number of rotatable bonds is 5. The molecular formula is C22H26BrN3O. The summed E-state index contributed by atoms with van der Waals surface area (Å²) in [5, 5.41) is 3.22. The third kappa shape index (κ3) is 3.90. The molecule has 1 saturated carbocycles. The molecule has 2 aliphatic rings. The molecule has 0 aromatic heterocycles. The fourth-order valence-electron chi connectivity index (χ4n) is 3.90. The predicted octanol–water partition coefficient (Wildman–Crippen LogP) is 3.55. The first-order chi connectivity index (χ1) is 13.1. The molecule has 1 N–H and O–H groups in total. The van der Waals surface area contributed by atoms with Crippen molar-refractivity contribution in [2.24, 2.45) is 0 Å². The molecule has 1 amide bonds. The minimum atomic E-state index is -0.330. The molecule has 1 aliphatic carbocycles. The molecule has 1 aliphatic heterocycles. The third-order valence-corrected chi connectivity index (χ3v) is 6.39. The van der Waals surface area contributed by atoms with Crippen molar-refractivity contribution in [3.63, 3.8) is 0 Å². The van der Waals surface area contributed by atoms with Crippen LogP contribution in [0.2, 0.25) is 0 Å². The van der Waals surface area contributed by atoms with Crippen molar-refractivity contribution in [3.05, 3.63) is 64.1 Å². The lowest BCUT2D eigenvalue weighted by molar-refractivity contribution is -0.123. The highest BCUT2D eigenvalue weighted by Gasteiger charge is 2.51. The number of para-hydroxylation sites is 1. The van der Waals surface area contributed by atoms with Gasteiger partial charge in [0.2, 0.25) is 5.91 Å². The van der Waals surface area contributed by atoms with E-state index in [1.54, 1.807) is 0 Å². The number of piperazine rings is 1. The van der Waals surface area contributed by atoms with E-state index in [9.17, 15) is 4.79 Å². The average molecular weight is 428 g/mol. The van der Waals surface area contributed by atoms with Crippen LogP contribution in [-0.2, 0) is 16.8 Å². The van der Waals surface area contributed by atoms with E-state index in [2.05, 4.69) is 74.5 Å². The molecule has 0 spiro atoms. The molecule has 142 valence electrons. The van der Waals surface area contributed by atoms with Gasteiger partial charge in [0, 0.05) is 42.9 Å². The summed E-state index contributed by atoms with van der Waals surface area (Å²) in [7, 11) is 2.17. The maximum absolute atomic E-state index is 13.0. The summed E-state index contributed by atoms with van der Waals surface area (Å²) in [6.07, 6.45) is 1.86. The normalized spacial score (nSPS) is 19.0. The highest BCUT2D eigenvalue weighted by molar-refractivity contribution is 9.10. The van der Waals surface area contributed by atoms with Crippen LogP contribution in [0, 0.1) is 0 Å². The number of carbonyl (C=O) groups excluding carboxylic acids is 1. The summed E-state index contributed by atoms with van der Waals surface area (Å²) in [6.45, 7) is 4.80. The van der Waals surface area contributed by atoms with Crippen molar-refractivity contribution < 1.29 is 4.79 Å². The van der Waals surface area contributed by atoms with Gasteiger partial charge in [0.15, 0.2) is 0 Å². The van der Waals surface area contributed by atoms with E-state index in [4.69, 9.17) is 0 Å². The van der Waals surface area contributed by atoms with Gasteiger partial charge in [-0.25, -0.2) is 0 Å². The molecule has 4 rings (SSSR count). The zero-order chi connectivity index (χ0) is 18.9. The summed E-state index contributed by atoms with van der Waals surface area (Å²) < 4.78 is 1.04. The zero-order valence-electron chi connectivity index (χ0n) is 15.7. The first-order valence-electron chi connectivity index (χ1n) is 9.64. The molecule has 0 atom stereocenters. The summed E-state index contributed by atoms with van der Waals surface area (Å²) >= 11 is 3.47. The van der Waals surface area contributed by atoms with E-state index in [0.29, 0.717) is 6.54 Å². The van der Waals surface area contributed by atoms with Gasteiger partial charge >= 0.3 is 0 Å². The average Bonchev–Trinajstić information content (AvgIpc) is 3.50. The number of benzene rings is 2. The highest BCUT2D eigenvalue weighted by Crippen LogP contribution is 2.48. The molecule has 0 radical (unpaired) electrons. The molecule has 2 fully saturated rings. The van der Waals surface area contributed by atoms with Crippen LogP contribution in [-0.4, -0.2) is 44.0 Å². The van der Waals surface area contributed by atoms with E-state index in [-0.39, 0.29) is 11.3 Å². The molecule has 2 aromatic carbocycles. The van der Waals surface area contributed by atoms with Crippen LogP contribution in [0.15, 0.2) is 53.0 Å². The van der Waals surface area contributed by atoms with Crippen LogP contribution in [0.4, 0.5) is 5.69 Å². The molecule has 5 heteroatoms. The lowest BCUT2D eigenvalue weighted by Gasteiger charge is -2.35. The van der Waals surface area contributed by atoms with Gasteiger partial charge in [0.25, 0.3) is 0 Å². The third-order valence-electron chi connectivity index (χ3n) is 5.86. The van der Waals surface area contributed by atoms with E-state index in [0.717, 1.165) is 49.1 Å². The Labute approximate surface area is 169 Å². The number of carbonyl (C=O) groups is 1. The van der Waals surface area contributed by atoms with Gasteiger partial charge < -0.3 is 15.1 Å². The van der Waals surface area contributed by atoms with Crippen molar-refractivity contribution in [2.45, 2.75) is 24.8 Å². The Morgan fingerprint density at radius 2 is 1.70 bits per heavy atom. The number of halogens is 1. The standard InChI is InChI=1S/C22H26BrN3O/c1-25-12-14-26(15-13-25)20-5-3-2-4-17(20)16-24-21(27)22(10-11-22)18-6-8-19(23)9-7-18/h2-9H,10-16H2,1H3,(H,24,27). The second-order valence-electron chi connectivity index (χ2n) is 7.69. The Balaban J connectivity index is 1.45. The molecular weight excluding hydrogens is 402 g/mol. The van der Waals surface area contributed by atoms with Crippen molar-refractivity contribution in [2.75, 3.05) is 38.1 Å². The summed E-state index contributed by atoms with van der Waals surface area (Å²) in [4.78, 5) is 17.8.